The van der Waals surface area contributed by atoms with E-state index in [1.54, 1.807) is 18.2 Å². The second-order valence-electron chi connectivity index (χ2n) is 5.07. The summed E-state index contributed by atoms with van der Waals surface area (Å²) in [4.78, 5) is 16.6. The van der Waals surface area contributed by atoms with Crippen LogP contribution < -0.4 is 5.32 Å². The molecular formula is C19H15ClN2O. The smallest absolute Gasteiger partial charge is 0.270 e. The van der Waals surface area contributed by atoms with Gasteiger partial charge in [0.1, 0.15) is 10.8 Å². The van der Waals surface area contributed by atoms with Gasteiger partial charge in [-0.2, -0.15) is 0 Å². The predicted octanol–water partition coefficient (Wildman–Crippen LogP) is 4.25. The lowest BCUT2D eigenvalue weighted by Crippen LogP contribution is -2.30. The van der Waals surface area contributed by atoms with E-state index in [1.165, 1.54) is 0 Å². The van der Waals surface area contributed by atoms with Gasteiger partial charge in [0.25, 0.3) is 5.91 Å². The minimum atomic E-state index is -0.259. The zero-order chi connectivity index (χ0) is 16.1. The number of carbonyl (C=O) groups excluding carboxylic acids is 1. The second kappa shape index (κ2) is 7.07. The van der Waals surface area contributed by atoms with Crippen LogP contribution in [0.3, 0.4) is 0 Å². The monoisotopic (exact) mass is 322 g/mol. The van der Waals surface area contributed by atoms with Gasteiger partial charge in [0.15, 0.2) is 0 Å². The molecule has 0 spiro atoms. The number of rotatable bonds is 4. The van der Waals surface area contributed by atoms with Crippen LogP contribution in [0.2, 0.25) is 5.15 Å². The molecule has 0 unspecified atom stereocenters. The molecule has 0 fully saturated rings. The number of pyridine rings is 1. The summed E-state index contributed by atoms with van der Waals surface area (Å²) in [6, 6.07) is 24.4. The molecule has 0 saturated carbocycles. The maximum Gasteiger partial charge on any atom is 0.270 e. The first-order valence-corrected chi connectivity index (χ1v) is 7.65. The molecular weight excluding hydrogens is 308 g/mol. The van der Waals surface area contributed by atoms with Crippen LogP contribution in [0.4, 0.5) is 0 Å². The molecule has 0 aliphatic carbocycles. The van der Waals surface area contributed by atoms with Crippen LogP contribution in [0.1, 0.15) is 27.7 Å². The number of aromatic nitrogens is 1. The van der Waals surface area contributed by atoms with E-state index < -0.39 is 0 Å². The molecule has 3 nitrogen and oxygen atoms in total. The topological polar surface area (TPSA) is 42.0 Å². The fourth-order valence-corrected chi connectivity index (χ4v) is 2.55. The zero-order valence-electron chi connectivity index (χ0n) is 12.3. The Balaban J connectivity index is 1.92. The van der Waals surface area contributed by atoms with Crippen molar-refractivity contribution in [1.82, 2.24) is 10.3 Å². The molecule has 0 atom stereocenters. The van der Waals surface area contributed by atoms with E-state index in [0.717, 1.165) is 11.1 Å². The summed E-state index contributed by atoms with van der Waals surface area (Å²) in [5, 5.41) is 3.33. The molecule has 0 aliphatic rings. The lowest BCUT2D eigenvalue weighted by atomic mass is 9.98. The zero-order valence-corrected chi connectivity index (χ0v) is 13.1. The van der Waals surface area contributed by atoms with Gasteiger partial charge in [0, 0.05) is 0 Å². The van der Waals surface area contributed by atoms with Crippen molar-refractivity contribution in [2.45, 2.75) is 6.04 Å². The summed E-state index contributed by atoms with van der Waals surface area (Å²) in [5.74, 6) is -0.259. The molecule has 1 amide bonds. The van der Waals surface area contributed by atoms with Gasteiger partial charge in [0.2, 0.25) is 0 Å². The first-order valence-electron chi connectivity index (χ1n) is 7.27. The van der Waals surface area contributed by atoms with Gasteiger partial charge in [-0.15, -0.1) is 0 Å². The Morgan fingerprint density at radius 1 is 0.826 bits per heavy atom. The van der Waals surface area contributed by atoms with Crippen LogP contribution in [0.5, 0.6) is 0 Å². The minimum Gasteiger partial charge on any atom is -0.340 e. The predicted molar refractivity (Wildman–Crippen MR) is 91.4 cm³/mol. The molecule has 0 bridgehead atoms. The van der Waals surface area contributed by atoms with E-state index in [0.29, 0.717) is 10.8 Å². The number of amides is 1. The Morgan fingerprint density at radius 3 is 1.91 bits per heavy atom. The second-order valence-corrected chi connectivity index (χ2v) is 5.46. The average molecular weight is 323 g/mol. The number of benzene rings is 2. The SMILES string of the molecule is O=C(NC(c1ccccc1)c1ccccc1)c1cccc(Cl)n1. The highest BCUT2D eigenvalue weighted by molar-refractivity contribution is 6.29. The van der Waals surface area contributed by atoms with Gasteiger partial charge in [0.05, 0.1) is 6.04 Å². The lowest BCUT2D eigenvalue weighted by molar-refractivity contribution is 0.0938. The summed E-state index contributed by atoms with van der Waals surface area (Å²) in [6.45, 7) is 0. The molecule has 114 valence electrons. The molecule has 0 saturated heterocycles. The van der Waals surface area contributed by atoms with Gasteiger partial charge in [-0.05, 0) is 23.3 Å². The first-order chi connectivity index (χ1) is 11.2. The third-order valence-electron chi connectivity index (χ3n) is 3.49. The van der Waals surface area contributed by atoms with Crippen molar-refractivity contribution in [1.29, 1.82) is 0 Å². The van der Waals surface area contributed by atoms with Crippen LogP contribution in [0.15, 0.2) is 78.9 Å². The lowest BCUT2D eigenvalue weighted by Gasteiger charge is -2.19. The molecule has 2 aromatic carbocycles. The van der Waals surface area contributed by atoms with Crippen molar-refractivity contribution >= 4 is 17.5 Å². The van der Waals surface area contributed by atoms with Gasteiger partial charge >= 0.3 is 0 Å². The summed E-state index contributed by atoms with van der Waals surface area (Å²) >= 11 is 5.87. The molecule has 1 N–H and O–H groups in total. The third-order valence-corrected chi connectivity index (χ3v) is 3.70. The van der Waals surface area contributed by atoms with E-state index in [2.05, 4.69) is 10.3 Å². The molecule has 4 heteroatoms. The summed E-state index contributed by atoms with van der Waals surface area (Å²) in [6.07, 6.45) is 0. The number of hydrogen-bond acceptors (Lipinski definition) is 2. The van der Waals surface area contributed by atoms with Gasteiger partial charge in [-0.1, -0.05) is 78.3 Å². The number of nitrogens with zero attached hydrogens (tertiary/aromatic N) is 1. The maximum absolute atomic E-state index is 12.5. The number of carbonyl (C=O) groups is 1. The Morgan fingerprint density at radius 2 is 1.39 bits per heavy atom. The Kier molecular flexibility index (Phi) is 4.69. The van der Waals surface area contributed by atoms with E-state index in [-0.39, 0.29) is 11.9 Å². The van der Waals surface area contributed by atoms with E-state index in [4.69, 9.17) is 11.6 Å². The maximum atomic E-state index is 12.5. The van der Waals surface area contributed by atoms with Crippen molar-refractivity contribution in [3.05, 3.63) is 101 Å². The third kappa shape index (κ3) is 3.76. The summed E-state index contributed by atoms with van der Waals surface area (Å²) in [7, 11) is 0. The quantitative estimate of drug-likeness (QED) is 0.729. The molecule has 1 aromatic heterocycles. The fourth-order valence-electron chi connectivity index (χ4n) is 2.39. The van der Waals surface area contributed by atoms with Crippen molar-refractivity contribution in [3.8, 4) is 0 Å². The van der Waals surface area contributed by atoms with Crippen LogP contribution in [0.25, 0.3) is 0 Å². The van der Waals surface area contributed by atoms with Crippen LogP contribution in [-0.4, -0.2) is 10.9 Å². The average Bonchev–Trinajstić information content (AvgIpc) is 2.61. The van der Waals surface area contributed by atoms with Crippen molar-refractivity contribution in [2.24, 2.45) is 0 Å². The van der Waals surface area contributed by atoms with Gasteiger partial charge in [-0.3, -0.25) is 4.79 Å². The Labute approximate surface area is 140 Å². The number of nitrogens with one attached hydrogen (secondary N) is 1. The normalized spacial score (nSPS) is 10.5. The standard InChI is InChI=1S/C19H15ClN2O/c20-17-13-7-12-16(21-17)19(23)22-18(14-8-3-1-4-9-14)15-10-5-2-6-11-15/h1-13,18H,(H,22,23). The minimum absolute atomic E-state index is 0.245. The molecule has 3 aromatic rings. The largest absolute Gasteiger partial charge is 0.340 e. The van der Waals surface area contributed by atoms with E-state index in [1.807, 2.05) is 60.7 Å². The van der Waals surface area contributed by atoms with Crippen molar-refractivity contribution in [2.75, 3.05) is 0 Å². The van der Waals surface area contributed by atoms with Crippen molar-refractivity contribution in [3.63, 3.8) is 0 Å². The highest BCUT2D eigenvalue weighted by Crippen LogP contribution is 2.22. The van der Waals surface area contributed by atoms with E-state index in [9.17, 15) is 4.79 Å². The van der Waals surface area contributed by atoms with Gasteiger partial charge < -0.3 is 5.32 Å². The Bertz CT molecular complexity index is 751. The molecule has 0 aliphatic heterocycles. The Hall–Kier alpha value is -2.65. The molecule has 0 radical (unpaired) electrons. The fraction of sp³-hybridized carbons (Fsp3) is 0.0526. The highest BCUT2D eigenvalue weighted by atomic mass is 35.5. The van der Waals surface area contributed by atoms with Crippen LogP contribution >= 0.6 is 11.6 Å². The first kappa shape index (κ1) is 15.3. The number of halogens is 1. The van der Waals surface area contributed by atoms with Gasteiger partial charge in [-0.25, -0.2) is 4.98 Å². The summed E-state index contributed by atoms with van der Waals surface area (Å²) in [5.41, 5.74) is 2.32. The van der Waals surface area contributed by atoms with Crippen LogP contribution in [-0.2, 0) is 0 Å². The van der Waals surface area contributed by atoms with Crippen LogP contribution in [0, 0.1) is 0 Å². The number of hydrogen-bond donors (Lipinski definition) is 1. The summed E-state index contributed by atoms with van der Waals surface area (Å²) < 4.78 is 0. The molecule has 23 heavy (non-hydrogen) atoms. The van der Waals surface area contributed by atoms with E-state index >= 15 is 0 Å². The van der Waals surface area contributed by atoms with Crippen molar-refractivity contribution < 1.29 is 4.79 Å². The highest BCUT2D eigenvalue weighted by Gasteiger charge is 2.18. The molecule has 1 heterocycles. The molecule has 3 rings (SSSR count).